The zero-order valence-corrected chi connectivity index (χ0v) is 21.4. The molecule has 0 aliphatic carbocycles. The smallest absolute Gasteiger partial charge is 0.326 e. The van der Waals surface area contributed by atoms with E-state index in [-0.39, 0.29) is 37.7 Å². The Morgan fingerprint density at radius 3 is 2.00 bits per heavy atom. The lowest BCUT2D eigenvalue weighted by Crippen LogP contribution is -2.60. The number of carboxylic acid groups (broad SMARTS) is 1. The topological polar surface area (TPSA) is 235 Å². The normalized spacial score (nSPS) is 15.0. The third-order valence-electron chi connectivity index (χ3n) is 5.50. The van der Waals surface area contributed by atoms with Gasteiger partial charge in [-0.3, -0.25) is 19.4 Å². The molecule has 5 atom stereocenters. The molecule has 0 aliphatic rings. The molecule has 5 unspecified atom stereocenters. The van der Waals surface area contributed by atoms with Gasteiger partial charge in [-0.2, -0.15) is 0 Å². The summed E-state index contributed by atoms with van der Waals surface area (Å²) in [6.45, 7) is 4.84. The van der Waals surface area contributed by atoms with E-state index in [1.807, 2.05) is 30.3 Å². The highest BCUT2D eigenvalue weighted by Gasteiger charge is 2.33. The van der Waals surface area contributed by atoms with Crippen LogP contribution < -0.4 is 33.2 Å². The van der Waals surface area contributed by atoms with Gasteiger partial charge in [0.15, 0.2) is 5.96 Å². The molecule has 0 saturated heterocycles. The van der Waals surface area contributed by atoms with E-state index in [9.17, 15) is 29.4 Å². The molecule has 1 rings (SSSR count). The van der Waals surface area contributed by atoms with Crippen LogP contribution in [-0.4, -0.2) is 76.7 Å². The second-order valence-corrected chi connectivity index (χ2v) is 9.10. The lowest BCUT2D eigenvalue weighted by molar-refractivity contribution is -0.143. The minimum Gasteiger partial charge on any atom is -0.480 e. The van der Waals surface area contributed by atoms with Crippen LogP contribution in [0.15, 0.2) is 35.3 Å². The number of aliphatic carboxylic acids is 1. The van der Waals surface area contributed by atoms with Gasteiger partial charge in [-0.15, -0.1) is 0 Å². The second-order valence-electron chi connectivity index (χ2n) is 9.10. The van der Waals surface area contributed by atoms with Crippen LogP contribution in [0.4, 0.5) is 0 Å². The molecule has 0 spiro atoms. The number of amides is 3. The molecule has 206 valence electrons. The van der Waals surface area contributed by atoms with Crippen molar-refractivity contribution in [3.8, 4) is 0 Å². The van der Waals surface area contributed by atoms with Crippen molar-refractivity contribution in [1.82, 2.24) is 16.0 Å². The van der Waals surface area contributed by atoms with Crippen molar-refractivity contribution in [1.29, 1.82) is 0 Å². The fourth-order valence-electron chi connectivity index (χ4n) is 3.43. The summed E-state index contributed by atoms with van der Waals surface area (Å²) in [6, 6.07) is 4.41. The molecule has 0 aliphatic heterocycles. The van der Waals surface area contributed by atoms with Crippen molar-refractivity contribution in [2.45, 2.75) is 70.3 Å². The minimum absolute atomic E-state index is 0.0162. The largest absolute Gasteiger partial charge is 0.480 e. The number of benzene rings is 1. The lowest BCUT2D eigenvalue weighted by Gasteiger charge is -2.28. The number of hydrogen-bond donors (Lipinski definition) is 8. The Kier molecular flexibility index (Phi) is 13.0. The highest BCUT2D eigenvalue weighted by atomic mass is 16.4. The summed E-state index contributed by atoms with van der Waals surface area (Å²) in [5.41, 5.74) is 17.3. The molecule has 37 heavy (non-hydrogen) atoms. The summed E-state index contributed by atoms with van der Waals surface area (Å²) in [5.74, 6) is -3.99. The predicted molar refractivity (Wildman–Crippen MR) is 138 cm³/mol. The number of carboxylic acids is 1. The number of nitrogens with two attached hydrogens (primary N) is 3. The number of carbonyl (C=O) groups is 4. The van der Waals surface area contributed by atoms with Crippen LogP contribution in [-0.2, 0) is 25.6 Å². The van der Waals surface area contributed by atoms with E-state index in [4.69, 9.17) is 17.2 Å². The molecule has 0 bridgehead atoms. The molecule has 0 aromatic heterocycles. The van der Waals surface area contributed by atoms with Crippen molar-refractivity contribution in [2.75, 3.05) is 6.54 Å². The Labute approximate surface area is 216 Å². The first kappa shape index (κ1) is 31.3. The van der Waals surface area contributed by atoms with Crippen LogP contribution in [0.25, 0.3) is 0 Å². The van der Waals surface area contributed by atoms with Gasteiger partial charge >= 0.3 is 5.97 Å². The van der Waals surface area contributed by atoms with E-state index in [1.165, 1.54) is 6.92 Å². The molecular weight excluding hydrogens is 482 g/mol. The molecule has 13 heteroatoms. The summed E-state index contributed by atoms with van der Waals surface area (Å²) in [5, 5.41) is 26.9. The summed E-state index contributed by atoms with van der Waals surface area (Å²) in [4.78, 5) is 53.8. The van der Waals surface area contributed by atoms with E-state index in [2.05, 4.69) is 20.9 Å². The van der Waals surface area contributed by atoms with Crippen molar-refractivity contribution in [2.24, 2.45) is 28.1 Å². The lowest BCUT2D eigenvalue weighted by atomic mass is 10.0. The molecular formula is C24H39N7O6. The third-order valence-corrected chi connectivity index (χ3v) is 5.50. The maximum Gasteiger partial charge on any atom is 0.326 e. The molecule has 11 N–H and O–H groups in total. The predicted octanol–water partition coefficient (Wildman–Crippen LogP) is -1.81. The van der Waals surface area contributed by atoms with Crippen LogP contribution in [0.3, 0.4) is 0 Å². The third kappa shape index (κ3) is 11.3. The minimum atomic E-state index is -1.47. The van der Waals surface area contributed by atoms with Gasteiger partial charge in [0, 0.05) is 6.54 Å². The van der Waals surface area contributed by atoms with Crippen LogP contribution >= 0.6 is 0 Å². The Hall–Kier alpha value is -3.71. The number of aliphatic hydroxyl groups excluding tert-OH is 1. The fourth-order valence-corrected chi connectivity index (χ4v) is 3.43. The van der Waals surface area contributed by atoms with Gasteiger partial charge in [0.2, 0.25) is 17.7 Å². The van der Waals surface area contributed by atoms with Gasteiger partial charge < -0.3 is 43.4 Å². The maximum atomic E-state index is 13.0. The number of nitrogens with zero attached hydrogens (tertiary/aromatic N) is 1. The summed E-state index contributed by atoms with van der Waals surface area (Å²) in [7, 11) is 0. The van der Waals surface area contributed by atoms with Gasteiger partial charge in [-0.25, -0.2) is 4.79 Å². The number of aliphatic hydroxyl groups is 1. The number of carbonyl (C=O) groups excluding carboxylic acids is 3. The molecule has 0 fully saturated rings. The standard InChI is InChI=1S/C24H39N7O6/c1-13(2)18(30-20(33)16(25)12-15-8-5-4-6-9-15)21(34)31-19(14(3)32)22(35)29-17(23(36)37)10-7-11-28-24(26)27/h4-6,8-9,13-14,16-19,32H,7,10-12,25H2,1-3H3,(H,29,35)(H,30,33)(H,31,34)(H,36,37)(H4,26,27,28). The molecule has 0 saturated carbocycles. The van der Waals surface area contributed by atoms with Crippen molar-refractivity contribution in [3.63, 3.8) is 0 Å². The highest BCUT2D eigenvalue weighted by molar-refractivity contribution is 5.94. The van der Waals surface area contributed by atoms with Crippen molar-refractivity contribution < 1.29 is 29.4 Å². The number of guanidine groups is 1. The average Bonchev–Trinajstić information content (AvgIpc) is 2.82. The van der Waals surface area contributed by atoms with Gasteiger partial charge in [-0.05, 0) is 37.7 Å². The van der Waals surface area contributed by atoms with E-state index >= 15 is 0 Å². The Morgan fingerprint density at radius 1 is 0.919 bits per heavy atom. The first-order valence-electron chi connectivity index (χ1n) is 12.0. The van der Waals surface area contributed by atoms with E-state index in [0.29, 0.717) is 0 Å². The zero-order valence-electron chi connectivity index (χ0n) is 21.4. The number of aliphatic imine (C=N–C) groups is 1. The number of hydrogen-bond acceptors (Lipinski definition) is 7. The quantitative estimate of drug-likeness (QED) is 0.0736. The van der Waals surface area contributed by atoms with E-state index in [1.54, 1.807) is 13.8 Å². The van der Waals surface area contributed by atoms with Crippen LogP contribution in [0.5, 0.6) is 0 Å². The maximum absolute atomic E-state index is 13.0. The Bertz CT molecular complexity index is 935. The Morgan fingerprint density at radius 2 is 1.49 bits per heavy atom. The average molecular weight is 522 g/mol. The molecule has 3 amide bonds. The van der Waals surface area contributed by atoms with Crippen LogP contribution in [0.2, 0.25) is 0 Å². The van der Waals surface area contributed by atoms with Gasteiger partial charge in [0.25, 0.3) is 0 Å². The van der Waals surface area contributed by atoms with Crippen molar-refractivity contribution >= 4 is 29.7 Å². The molecule has 0 radical (unpaired) electrons. The first-order valence-corrected chi connectivity index (χ1v) is 12.0. The van der Waals surface area contributed by atoms with Crippen LogP contribution in [0.1, 0.15) is 39.2 Å². The van der Waals surface area contributed by atoms with E-state index in [0.717, 1.165) is 5.56 Å². The second kappa shape index (κ2) is 15.4. The van der Waals surface area contributed by atoms with Gasteiger partial charge in [0.05, 0.1) is 12.1 Å². The summed E-state index contributed by atoms with van der Waals surface area (Å²) >= 11 is 0. The van der Waals surface area contributed by atoms with Gasteiger partial charge in [-0.1, -0.05) is 44.2 Å². The van der Waals surface area contributed by atoms with Crippen LogP contribution in [0, 0.1) is 5.92 Å². The fraction of sp³-hybridized carbons (Fsp3) is 0.542. The number of rotatable bonds is 15. The molecule has 1 aromatic carbocycles. The summed E-state index contributed by atoms with van der Waals surface area (Å²) in [6.07, 6.45) is -0.810. The Balaban J connectivity index is 2.84. The van der Waals surface area contributed by atoms with Crippen molar-refractivity contribution in [3.05, 3.63) is 35.9 Å². The molecule has 0 heterocycles. The van der Waals surface area contributed by atoms with Gasteiger partial charge in [0.1, 0.15) is 18.1 Å². The number of nitrogens with one attached hydrogen (secondary N) is 3. The summed E-state index contributed by atoms with van der Waals surface area (Å²) < 4.78 is 0. The molecule has 13 nitrogen and oxygen atoms in total. The first-order chi connectivity index (χ1) is 17.3. The highest BCUT2D eigenvalue weighted by Crippen LogP contribution is 2.07. The zero-order chi connectivity index (χ0) is 28.1. The van der Waals surface area contributed by atoms with E-state index < -0.39 is 54.0 Å². The SMILES string of the molecule is CC(C)C(NC(=O)C(N)Cc1ccccc1)C(=O)NC(C(=O)NC(CCCN=C(N)N)C(=O)O)C(C)O. The monoisotopic (exact) mass is 521 g/mol. The molecule has 1 aromatic rings.